The molecule has 8 heteroatoms. The first-order valence-corrected chi connectivity index (χ1v) is 7.93. The van der Waals surface area contributed by atoms with Gasteiger partial charge in [0.1, 0.15) is 11.8 Å². The monoisotopic (exact) mass is 342 g/mol. The number of rotatable bonds is 4. The predicted molar refractivity (Wildman–Crippen MR) is 85.6 cm³/mol. The van der Waals surface area contributed by atoms with Gasteiger partial charge in [0.15, 0.2) is 6.10 Å². The van der Waals surface area contributed by atoms with Crippen molar-refractivity contribution in [3.05, 3.63) is 41.6 Å². The van der Waals surface area contributed by atoms with Gasteiger partial charge in [0, 0.05) is 13.5 Å². The normalized spacial score (nSPS) is 18.4. The molecule has 1 fully saturated rings. The Kier molecular flexibility index (Phi) is 4.95. The van der Waals surface area contributed by atoms with E-state index in [0.29, 0.717) is 42.9 Å². The fourth-order valence-electron chi connectivity index (χ4n) is 2.65. The van der Waals surface area contributed by atoms with E-state index in [0.717, 1.165) is 0 Å². The number of carbonyl (C=O) groups excluding carboxylic acids is 1. The van der Waals surface area contributed by atoms with Crippen LogP contribution in [0.1, 0.15) is 30.3 Å². The highest BCUT2D eigenvalue weighted by molar-refractivity contribution is 5.81. The summed E-state index contributed by atoms with van der Waals surface area (Å²) in [6.45, 7) is 4.51. The molecule has 0 radical (unpaired) electrons. The van der Waals surface area contributed by atoms with E-state index >= 15 is 0 Å². The second kappa shape index (κ2) is 7.32. The quantitative estimate of drug-likeness (QED) is 0.832. The van der Waals surface area contributed by atoms with Crippen LogP contribution in [0, 0.1) is 18.3 Å². The van der Waals surface area contributed by atoms with Crippen molar-refractivity contribution >= 4 is 5.91 Å². The number of ether oxygens (including phenoxy) is 2. The van der Waals surface area contributed by atoms with Crippen molar-refractivity contribution in [3.63, 3.8) is 0 Å². The Labute approximate surface area is 145 Å². The lowest BCUT2D eigenvalue weighted by molar-refractivity contribution is -0.148. The lowest BCUT2D eigenvalue weighted by Crippen LogP contribution is -2.48. The zero-order chi connectivity index (χ0) is 17.8. The predicted octanol–water partition coefficient (Wildman–Crippen LogP) is 1.62. The smallest absolute Gasteiger partial charge is 0.264 e. The standard InChI is InChI=1S/C17H18N4O4/c1-11(24-14-5-3-4-13(8-14)9-18)17(22)21-6-7-23-10-15(21)16-20-19-12(2)25-16/h3-5,8,11,15H,6-7,10H2,1-2H3/t11-,15+/m0/s1. The van der Waals surface area contributed by atoms with Crippen LogP contribution in [-0.4, -0.2) is 46.9 Å². The van der Waals surface area contributed by atoms with Crippen molar-refractivity contribution in [1.82, 2.24) is 15.1 Å². The molecule has 2 aromatic rings. The minimum absolute atomic E-state index is 0.202. The van der Waals surface area contributed by atoms with Crippen LogP contribution >= 0.6 is 0 Å². The minimum atomic E-state index is -0.724. The Morgan fingerprint density at radius 1 is 1.48 bits per heavy atom. The lowest BCUT2D eigenvalue weighted by atomic mass is 10.2. The number of carbonyl (C=O) groups is 1. The van der Waals surface area contributed by atoms with Gasteiger partial charge in [0.05, 0.1) is 24.8 Å². The average Bonchev–Trinajstić information content (AvgIpc) is 3.07. The average molecular weight is 342 g/mol. The van der Waals surface area contributed by atoms with Crippen molar-refractivity contribution in [2.24, 2.45) is 0 Å². The Morgan fingerprint density at radius 3 is 3.04 bits per heavy atom. The molecule has 2 heterocycles. The Bertz CT molecular complexity index is 798. The molecule has 0 N–H and O–H groups in total. The van der Waals surface area contributed by atoms with Crippen LogP contribution in [0.4, 0.5) is 0 Å². The highest BCUT2D eigenvalue weighted by atomic mass is 16.5. The highest BCUT2D eigenvalue weighted by Gasteiger charge is 2.35. The number of hydrogen-bond donors (Lipinski definition) is 0. The SMILES string of the molecule is Cc1nnc([C@H]2COCCN2C(=O)[C@H](C)Oc2cccc(C#N)c2)o1. The number of aromatic nitrogens is 2. The van der Waals surface area contributed by atoms with Gasteiger partial charge in [-0.05, 0) is 25.1 Å². The molecule has 0 bridgehead atoms. The van der Waals surface area contributed by atoms with Gasteiger partial charge in [0.2, 0.25) is 11.8 Å². The van der Waals surface area contributed by atoms with Gasteiger partial charge in [0.25, 0.3) is 5.91 Å². The second-order valence-corrected chi connectivity index (χ2v) is 5.68. The van der Waals surface area contributed by atoms with Crippen molar-refractivity contribution in [3.8, 4) is 11.8 Å². The van der Waals surface area contributed by atoms with Crippen LogP contribution in [0.3, 0.4) is 0 Å². The first-order valence-electron chi connectivity index (χ1n) is 7.93. The molecule has 25 heavy (non-hydrogen) atoms. The largest absolute Gasteiger partial charge is 0.481 e. The van der Waals surface area contributed by atoms with E-state index in [2.05, 4.69) is 10.2 Å². The lowest BCUT2D eigenvalue weighted by Gasteiger charge is -2.35. The molecule has 0 spiro atoms. The number of morpholine rings is 1. The van der Waals surface area contributed by atoms with Gasteiger partial charge in [-0.25, -0.2) is 0 Å². The summed E-state index contributed by atoms with van der Waals surface area (Å²) in [5.41, 5.74) is 0.475. The molecule has 8 nitrogen and oxygen atoms in total. The molecular formula is C17H18N4O4. The van der Waals surface area contributed by atoms with Crippen molar-refractivity contribution < 1.29 is 18.7 Å². The topological polar surface area (TPSA) is 101 Å². The first kappa shape index (κ1) is 16.9. The van der Waals surface area contributed by atoms with Crippen molar-refractivity contribution in [1.29, 1.82) is 5.26 Å². The number of hydrogen-bond acceptors (Lipinski definition) is 7. The summed E-state index contributed by atoms with van der Waals surface area (Å²) >= 11 is 0. The van der Waals surface area contributed by atoms with E-state index in [1.54, 1.807) is 43.0 Å². The Morgan fingerprint density at radius 2 is 2.32 bits per heavy atom. The molecule has 0 unspecified atom stereocenters. The van der Waals surface area contributed by atoms with Crippen LogP contribution < -0.4 is 4.74 Å². The zero-order valence-electron chi connectivity index (χ0n) is 14.0. The molecular weight excluding hydrogens is 324 g/mol. The third-order valence-corrected chi connectivity index (χ3v) is 3.86. The summed E-state index contributed by atoms with van der Waals surface area (Å²) in [6.07, 6.45) is -0.724. The van der Waals surface area contributed by atoms with Gasteiger partial charge < -0.3 is 18.8 Å². The molecule has 1 saturated heterocycles. The van der Waals surface area contributed by atoms with Gasteiger partial charge >= 0.3 is 0 Å². The first-order chi connectivity index (χ1) is 12.1. The highest BCUT2D eigenvalue weighted by Crippen LogP contribution is 2.25. The van der Waals surface area contributed by atoms with E-state index in [-0.39, 0.29) is 5.91 Å². The minimum Gasteiger partial charge on any atom is -0.481 e. The summed E-state index contributed by atoms with van der Waals surface area (Å²) in [4.78, 5) is 14.5. The van der Waals surface area contributed by atoms with E-state index in [1.165, 1.54) is 0 Å². The van der Waals surface area contributed by atoms with Gasteiger partial charge in [-0.2, -0.15) is 5.26 Å². The summed E-state index contributed by atoms with van der Waals surface area (Å²) in [5, 5.41) is 16.8. The van der Waals surface area contributed by atoms with Gasteiger partial charge in [-0.3, -0.25) is 4.79 Å². The maximum Gasteiger partial charge on any atom is 0.264 e. The van der Waals surface area contributed by atoms with E-state index in [9.17, 15) is 4.79 Å². The Balaban J connectivity index is 1.74. The van der Waals surface area contributed by atoms with Gasteiger partial charge in [-0.1, -0.05) is 6.07 Å². The third-order valence-electron chi connectivity index (χ3n) is 3.86. The summed E-state index contributed by atoms with van der Waals surface area (Å²) in [6, 6.07) is 8.31. The number of aryl methyl sites for hydroxylation is 1. The molecule has 1 amide bonds. The fourth-order valence-corrected chi connectivity index (χ4v) is 2.65. The molecule has 1 aliphatic rings. The number of nitrogens with zero attached hydrogens (tertiary/aromatic N) is 4. The third kappa shape index (κ3) is 3.78. The van der Waals surface area contributed by atoms with Crippen LogP contribution in [-0.2, 0) is 9.53 Å². The fraction of sp³-hybridized carbons (Fsp3) is 0.412. The molecule has 0 saturated carbocycles. The molecule has 130 valence electrons. The summed E-state index contributed by atoms with van der Waals surface area (Å²) in [5.74, 6) is 1.06. The number of benzene rings is 1. The van der Waals surface area contributed by atoms with Crippen molar-refractivity contribution in [2.45, 2.75) is 26.0 Å². The van der Waals surface area contributed by atoms with Gasteiger partial charge in [-0.15, -0.1) is 10.2 Å². The van der Waals surface area contributed by atoms with Crippen LogP contribution in [0.15, 0.2) is 28.7 Å². The molecule has 1 aromatic carbocycles. The molecule has 1 aliphatic heterocycles. The number of amides is 1. The maximum absolute atomic E-state index is 12.8. The second-order valence-electron chi connectivity index (χ2n) is 5.68. The molecule has 2 atom stereocenters. The summed E-state index contributed by atoms with van der Waals surface area (Å²) < 4.78 is 16.6. The van der Waals surface area contributed by atoms with Crippen molar-refractivity contribution in [2.75, 3.05) is 19.8 Å². The molecule has 1 aromatic heterocycles. The molecule has 0 aliphatic carbocycles. The van der Waals surface area contributed by atoms with E-state index in [1.807, 2.05) is 6.07 Å². The van der Waals surface area contributed by atoms with E-state index < -0.39 is 12.1 Å². The molecule has 3 rings (SSSR count). The van der Waals surface area contributed by atoms with Crippen LogP contribution in [0.2, 0.25) is 0 Å². The van der Waals surface area contributed by atoms with Crippen LogP contribution in [0.25, 0.3) is 0 Å². The number of nitriles is 1. The van der Waals surface area contributed by atoms with Crippen LogP contribution in [0.5, 0.6) is 5.75 Å². The summed E-state index contributed by atoms with van der Waals surface area (Å²) in [7, 11) is 0. The van der Waals surface area contributed by atoms with E-state index in [4.69, 9.17) is 19.2 Å². The zero-order valence-corrected chi connectivity index (χ0v) is 14.0. The maximum atomic E-state index is 12.8. The Hall–Kier alpha value is -2.92.